The molecule has 0 saturated heterocycles. The second-order valence-electron chi connectivity index (χ2n) is 6.93. The molecule has 0 saturated carbocycles. The van der Waals surface area contributed by atoms with Crippen LogP contribution in [-0.2, 0) is 0 Å². The third-order valence-corrected chi connectivity index (χ3v) is 4.89. The summed E-state index contributed by atoms with van der Waals surface area (Å²) < 4.78 is 0. The molecule has 0 bridgehead atoms. The molecule has 0 aliphatic rings. The topological polar surface area (TPSA) is 0 Å². The highest BCUT2D eigenvalue weighted by Gasteiger charge is 2.46. The summed E-state index contributed by atoms with van der Waals surface area (Å²) >= 11 is 0. The van der Waals surface area contributed by atoms with Gasteiger partial charge in [0.15, 0.2) is 0 Å². The lowest BCUT2D eigenvalue weighted by molar-refractivity contribution is 3.28. The third-order valence-electron chi connectivity index (χ3n) is 4.89. The van der Waals surface area contributed by atoms with Crippen LogP contribution < -0.4 is 0 Å². The highest BCUT2D eigenvalue weighted by molar-refractivity contribution is 8.25. The lowest BCUT2D eigenvalue weighted by atomic mass is 8.34. The monoisotopic (exact) mass is 286 g/mol. The average Bonchev–Trinajstić information content (AvgIpc) is 2.40. The van der Waals surface area contributed by atoms with Gasteiger partial charge in [0.25, 0.3) is 0 Å². The van der Waals surface area contributed by atoms with Crippen molar-refractivity contribution in [3.8, 4) is 0 Å². The fraction of sp³-hybridized carbons (Fsp3) is 0. The van der Waals surface area contributed by atoms with E-state index in [9.17, 15) is 0 Å². The molecule has 0 aliphatic heterocycles. The maximum Gasteiger partial charge on any atom is -0.000000000137 e. The molecule has 0 N–H and O–H groups in total. The van der Waals surface area contributed by atoms with Gasteiger partial charge in [-0.2, -0.15) is 0 Å². The molecule has 0 heterocycles. The minimum absolute atomic E-state index is 0.760. The molecule has 0 fully saturated rings. The minimum atomic E-state index is -1.02. The SMILES string of the molecule is [B]B([B])B(B([B])[B])B(B(B([B])[B])B([B])[B])B(B([B])[B])B(B([B])[B-])B([B-])[B-]. The summed E-state index contributed by atoms with van der Waals surface area (Å²) in [4.78, 5) is 0. The fourth-order valence-electron chi connectivity index (χ4n) is 3.85. The van der Waals surface area contributed by atoms with E-state index in [-0.39, 0.29) is 0 Å². The van der Waals surface area contributed by atoms with Crippen LogP contribution in [0.1, 0.15) is 0 Å². The molecule has 0 atom stereocenters. The zero-order valence-electron chi connectivity index (χ0n) is 15.0. The summed E-state index contributed by atoms with van der Waals surface area (Å²) in [7, 11) is 82.9. The smallest absolute Gasteiger partial charge is 0.000000000137 e. The number of hydrogen-bond donors (Lipinski definition) is 0. The van der Waals surface area contributed by atoms with Gasteiger partial charge in [-0.15, -0.1) is 6.39 Å². The zero-order valence-corrected chi connectivity index (χ0v) is 15.0. The van der Waals surface area contributed by atoms with Crippen molar-refractivity contribution in [3.63, 3.8) is 0 Å². The summed E-state index contributed by atoms with van der Waals surface area (Å²) in [6.07, 6.45) is -10.9. The second kappa shape index (κ2) is 12.4. The van der Waals surface area contributed by atoms with Gasteiger partial charge in [0, 0.05) is 0 Å². The summed E-state index contributed by atoms with van der Waals surface area (Å²) in [5.41, 5.74) is 0. The summed E-state index contributed by atoms with van der Waals surface area (Å²) in [5, 5.41) is 0. The zero-order chi connectivity index (χ0) is 20.9. The van der Waals surface area contributed by atoms with Crippen molar-refractivity contribution >= 4 is 185 Å². The molecule has 0 aromatic carbocycles. The van der Waals surface area contributed by atoms with Crippen LogP contribution in [0.5, 0.6) is 0 Å². The second-order valence-corrected chi connectivity index (χ2v) is 6.93. The van der Waals surface area contributed by atoms with Crippen LogP contribution in [0.3, 0.4) is 0 Å². The molecule has 0 aromatic heterocycles. The van der Waals surface area contributed by atoms with E-state index in [4.69, 9.17) is 108 Å². The molecule has 0 nitrogen and oxygen atoms in total. The van der Waals surface area contributed by atoms with E-state index in [1.165, 1.54) is 0 Å². The van der Waals surface area contributed by atoms with E-state index >= 15 is 0 Å². The molecular formula is B26-3. The van der Waals surface area contributed by atoms with Crippen molar-refractivity contribution in [2.45, 2.75) is 0 Å². The Balaban J connectivity index is 6.53. The Kier molecular flexibility index (Phi) is 13.2. The molecule has 0 spiro atoms. The van der Waals surface area contributed by atoms with Gasteiger partial charge >= 0.3 is 0 Å². The Bertz CT molecular complexity index is 314. The van der Waals surface area contributed by atoms with Gasteiger partial charge in [-0.1, -0.05) is 0 Å². The molecule has 81 valence electrons. The molecule has 0 rings (SSSR count). The first kappa shape index (κ1) is 27.7. The van der Waals surface area contributed by atoms with Crippen LogP contribution in [0.4, 0.5) is 0 Å². The normalized spacial score (nSPS) is 9.50. The molecule has 26 heteroatoms. The van der Waals surface area contributed by atoms with Crippen molar-refractivity contribution in [2.24, 2.45) is 0 Å². The highest BCUT2D eigenvalue weighted by atomic mass is 13.3. The maximum absolute atomic E-state index is 6.02. The van der Waals surface area contributed by atoms with E-state index < -0.39 is 76.6 Å². The molecule has 0 amide bonds. The van der Waals surface area contributed by atoms with Crippen LogP contribution in [0.2, 0.25) is 0 Å². The lowest BCUT2D eigenvalue weighted by Crippen LogP contribution is -2.86. The van der Waals surface area contributed by atoms with Crippen molar-refractivity contribution in [1.82, 2.24) is 0 Å². The van der Waals surface area contributed by atoms with Crippen LogP contribution in [0.25, 0.3) is 0 Å². The lowest BCUT2D eigenvalue weighted by Gasteiger charge is -2.58. The molecule has 26 heavy (non-hydrogen) atoms. The van der Waals surface area contributed by atoms with Crippen LogP contribution >= 0.6 is 0 Å². The van der Waals surface area contributed by atoms with E-state index in [0.717, 1.165) is 0 Å². The predicted molar refractivity (Wildman–Crippen MR) is 150 cm³/mol. The van der Waals surface area contributed by atoms with E-state index in [2.05, 4.69) is 0 Å². The first-order chi connectivity index (χ1) is 11.7. The Labute approximate surface area is 184 Å². The number of rotatable bonds is 11. The Morgan fingerprint density at radius 3 is 0.769 bits per heavy atom. The van der Waals surface area contributed by atoms with Crippen molar-refractivity contribution in [1.29, 1.82) is 0 Å². The van der Waals surface area contributed by atoms with E-state index in [1.54, 1.807) is 0 Å². The van der Waals surface area contributed by atoms with Gasteiger partial charge in [0.2, 0.25) is 0 Å². The van der Waals surface area contributed by atoms with Crippen molar-refractivity contribution < 1.29 is 0 Å². The van der Waals surface area contributed by atoms with E-state index in [1.807, 2.05) is 0 Å². The average molecular weight is 281 g/mol. The van der Waals surface area contributed by atoms with Gasteiger partial charge in [0.05, 0.1) is 0 Å². The molecule has 0 aromatic rings. The van der Waals surface area contributed by atoms with Crippen LogP contribution in [0, 0.1) is 0 Å². The van der Waals surface area contributed by atoms with Gasteiger partial charge in [0.1, 0.15) is 0 Å². The first-order valence-electron chi connectivity index (χ1n) is 8.33. The Morgan fingerprint density at radius 2 is 0.615 bits per heavy atom. The minimum Gasteiger partial charge on any atom is -0.729 e. The van der Waals surface area contributed by atoms with Gasteiger partial charge in [-0.3, -0.25) is 0 Å². The third kappa shape index (κ3) is 7.50. The van der Waals surface area contributed by atoms with E-state index in [0.29, 0.717) is 0 Å². The first-order valence-corrected chi connectivity index (χ1v) is 8.33. The fourth-order valence-corrected chi connectivity index (χ4v) is 3.85. The predicted octanol–water partition coefficient (Wildman–Crippen LogP) is -9.90. The molecule has 0 aliphatic carbocycles. The van der Waals surface area contributed by atoms with Gasteiger partial charge in [-0.25, -0.2) is 6.39 Å². The summed E-state index contributed by atoms with van der Waals surface area (Å²) in [6, 6.07) is 0. The Morgan fingerprint density at radius 1 is 0.346 bits per heavy atom. The van der Waals surface area contributed by atoms with Crippen molar-refractivity contribution in [2.75, 3.05) is 0 Å². The maximum atomic E-state index is 6.02. The molecule has 31 radical (unpaired) electrons. The highest BCUT2D eigenvalue weighted by Crippen LogP contribution is 2.11. The van der Waals surface area contributed by atoms with Crippen molar-refractivity contribution in [3.05, 3.63) is 0 Å². The Hall–Kier alpha value is 1.69. The van der Waals surface area contributed by atoms with Gasteiger partial charge in [-0.05, 0) is 143 Å². The molecular weight excluding hydrogens is 281 g/mol. The standard InChI is InChI=1S/B26/c1-15(2)22(16(3)4)25(21(13)14)26(23(17(5)6)18(7)8)24(19(9)10)20(11)12/q-3. The summed E-state index contributed by atoms with van der Waals surface area (Å²) in [5.74, 6) is 0. The molecule has 0 unspecified atom stereocenters. The van der Waals surface area contributed by atoms with Gasteiger partial charge < -0.3 is 29.6 Å². The van der Waals surface area contributed by atoms with Crippen LogP contribution in [-0.4, -0.2) is 185 Å². The summed E-state index contributed by atoms with van der Waals surface area (Å²) in [6.45, 7) is 0. The largest absolute Gasteiger partial charge is 0.729 e. The number of hydrogen-bond acceptors (Lipinski definition) is 0. The van der Waals surface area contributed by atoms with Crippen LogP contribution in [0.15, 0.2) is 0 Å². The quantitative estimate of drug-likeness (QED) is 0.330.